The van der Waals surface area contributed by atoms with Gasteiger partial charge in [0.05, 0.1) is 0 Å². The largest absolute Gasteiger partial charge is 0.324 e. The van der Waals surface area contributed by atoms with Crippen molar-refractivity contribution < 1.29 is 0 Å². The molecule has 0 rings (SSSR count). The van der Waals surface area contributed by atoms with Gasteiger partial charge < -0.3 is 5.73 Å². The SMILES string of the molecule is CCC(C)C(N)C=C(C)C. The summed E-state index contributed by atoms with van der Waals surface area (Å²) in [6, 6.07) is 0.245. The molecule has 0 saturated carbocycles. The monoisotopic (exact) mass is 141 g/mol. The number of allylic oxidation sites excluding steroid dienone is 1. The van der Waals surface area contributed by atoms with E-state index in [9.17, 15) is 0 Å². The van der Waals surface area contributed by atoms with Crippen molar-refractivity contribution in [2.45, 2.75) is 40.2 Å². The maximum atomic E-state index is 5.85. The normalized spacial score (nSPS) is 16.1. The molecule has 0 aromatic heterocycles. The molecular weight excluding hydrogens is 122 g/mol. The van der Waals surface area contributed by atoms with Crippen LogP contribution in [0.2, 0.25) is 0 Å². The highest BCUT2D eigenvalue weighted by Crippen LogP contribution is 2.07. The van der Waals surface area contributed by atoms with Crippen molar-refractivity contribution in [3.05, 3.63) is 11.6 Å². The minimum absolute atomic E-state index is 0.245. The van der Waals surface area contributed by atoms with Gasteiger partial charge in [-0.2, -0.15) is 0 Å². The lowest BCUT2D eigenvalue weighted by Gasteiger charge is -2.14. The molecule has 0 aromatic rings. The van der Waals surface area contributed by atoms with Crippen LogP contribution in [0.1, 0.15) is 34.1 Å². The summed E-state index contributed by atoms with van der Waals surface area (Å²) in [6.45, 7) is 8.53. The standard InChI is InChI=1S/C9H19N/c1-5-8(4)9(10)6-7(2)3/h6,8-9H,5,10H2,1-4H3. The fourth-order valence-corrected chi connectivity index (χ4v) is 0.821. The highest BCUT2D eigenvalue weighted by Gasteiger charge is 2.05. The second-order valence-corrected chi connectivity index (χ2v) is 3.21. The molecule has 0 radical (unpaired) electrons. The van der Waals surface area contributed by atoms with Crippen LogP contribution in [0.4, 0.5) is 0 Å². The van der Waals surface area contributed by atoms with Crippen molar-refractivity contribution in [1.29, 1.82) is 0 Å². The quantitative estimate of drug-likeness (QED) is 0.600. The second-order valence-electron chi connectivity index (χ2n) is 3.21. The van der Waals surface area contributed by atoms with E-state index in [2.05, 4.69) is 33.8 Å². The lowest BCUT2D eigenvalue weighted by molar-refractivity contribution is 0.501. The second kappa shape index (κ2) is 4.51. The summed E-state index contributed by atoms with van der Waals surface area (Å²) in [5, 5.41) is 0. The van der Waals surface area contributed by atoms with Gasteiger partial charge in [-0.3, -0.25) is 0 Å². The molecule has 2 atom stereocenters. The van der Waals surface area contributed by atoms with Gasteiger partial charge in [0.2, 0.25) is 0 Å². The zero-order valence-electron chi connectivity index (χ0n) is 7.52. The van der Waals surface area contributed by atoms with Gasteiger partial charge >= 0.3 is 0 Å². The first kappa shape index (κ1) is 9.70. The Labute approximate surface area is 64.3 Å². The molecule has 10 heavy (non-hydrogen) atoms. The van der Waals surface area contributed by atoms with Crippen LogP contribution in [0, 0.1) is 5.92 Å². The third-order valence-electron chi connectivity index (χ3n) is 1.83. The smallest absolute Gasteiger partial charge is 0.0252 e. The van der Waals surface area contributed by atoms with Crippen LogP contribution < -0.4 is 5.73 Å². The average molecular weight is 141 g/mol. The van der Waals surface area contributed by atoms with Crippen molar-refractivity contribution in [2.24, 2.45) is 11.7 Å². The van der Waals surface area contributed by atoms with Crippen LogP contribution in [0.3, 0.4) is 0 Å². The van der Waals surface area contributed by atoms with Crippen molar-refractivity contribution in [3.8, 4) is 0 Å². The van der Waals surface area contributed by atoms with Crippen molar-refractivity contribution >= 4 is 0 Å². The fraction of sp³-hybridized carbons (Fsp3) is 0.778. The molecule has 60 valence electrons. The molecule has 0 aromatic carbocycles. The molecule has 2 unspecified atom stereocenters. The van der Waals surface area contributed by atoms with E-state index in [1.54, 1.807) is 0 Å². The summed E-state index contributed by atoms with van der Waals surface area (Å²) >= 11 is 0. The van der Waals surface area contributed by atoms with E-state index in [4.69, 9.17) is 5.73 Å². The lowest BCUT2D eigenvalue weighted by Crippen LogP contribution is -2.25. The number of nitrogens with two attached hydrogens (primary N) is 1. The third-order valence-corrected chi connectivity index (χ3v) is 1.83. The third kappa shape index (κ3) is 3.67. The summed E-state index contributed by atoms with van der Waals surface area (Å²) in [5.74, 6) is 0.606. The van der Waals surface area contributed by atoms with Crippen molar-refractivity contribution in [1.82, 2.24) is 0 Å². The van der Waals surface area contributed by atoms with Gasteiger partial charge in [-0.25, -0.2) is 0 Å². The molecule has 0 aliphatic heterocycles. The number of rotatable bonds is 3. The maximum Gasteiger partial charge on any atom is 0.0252 e. The lowest BCUT2D eigenvalue weighted by atomic mass is 9.98. The molecule has 0 bridgehead atoms. The molecule has 0 saturated heterocycles. The van der Waals surface area contributed by atoms with E-state index in [1.807, 2.05) is 0 Å². The Balaban J connectivity index is 3.83. The first-order valence-electron chi connectivity index (χ1n) is 3.98. The van der Waals surface area contributed by atoms with Crippen LogP contribution in [0.25, 0.3) is 0 Å². The molecule has 1 nitrogen and oxygen atoms in total. The van der Waals surface area contributed by atoms with Crippen LogP contribution in [0.5, 0.6) is 0 Å². The van der Waals surface area contributed by atoms with Crippen LogP contribution >= 0.6 is 0 Å². The van der Waals surface area contributed by atoms with E-state index in [-0.39, 0.29) is 6.04 Å². The molecule has 0 amide bonds. The summed E-state index contributed by atoms with van der Waals surface area (Å²) in [5.41, 5.74) is 7.17. The van der Waals surface area contributed by atoms with E-state index in [0.29, 0.717) is 5.92 Å². The van der Waals surface area contributed by atoms with Gasteiger partial charge in [-0.15, -0.1) is 0 Å². The zero-order valence-corrected chi connectivity index (χ0v) is 7.52. The number of hydrogen-bond donors (Lipinski definition) is 1. The first-order chi connectivity index (χ1) is 4.57. The van der Waals surface area contributed by atoms with Gasteiger partial charge in [0.15, 0.2) is 0 Å². The van der Waals surface area contributed by atoms with Gasteiger partial charge in [0.25, 0.3) is 0 Å². The summed E-state index contributed by atoms with van der Waals surface area (Å²) < 4.78 is 0. The van der Waals surface area contributed by atoms with E-state index in [1.165, 1.54) is 5.57 Å². The Morgan fingerprint density at radius 1 is 1.50 bits per heavy atom. The van der Waals surface area contributed by atoms with Gasteiger partial charge in [0, 0.05) is 6.04 Å². The zero-order chi connectivity index (χ0) is 8.15. The Morgan fingerprint density at radius 3 is 2.30 bits per heavy atom. The number of hydrogen-bond acceptors (Lipinski definition) is 1. The molecule has 0 spiro atoms. The van der Waals surface area contributed by atoms with Gasteiger partial charge in [-0.1, -0.05) is 31.9 Å². The van der Waals surface area contributed by atoms with E-state index in [0.717, 1.165) is 6.42 Å². The molecule has 0 heterocycles. The Hall–Kier alpha value is -0.300. The Bertz CT molecular complexity index is 112. The van der Waals surface area contributed by atoms with Crippen molar-refractivity contribution in [2.75, 3.05) is 0 Å². The van der Waals surface area contributed by atoms with E-state index < -0.39 is 0 Å². The van der Waals surface area contributed by atoms with Crippen LogP contribution in [0.15, 0.2) is 11.6 Å². The highest BCUT2D eigenvalue weighted by atomic mass is 14.6. The minimum Gasteiger partial charge on any atom is -0.324 e. The molecule has 2 N–H and O–H groups in total. The summed E-state index contributed by atoms with van der Waals surface area (Å²) in [6.07, 6.45) is 3.29. The predicted molar refractivity (Wildman–Crippen MR) is 46.9 cm³/mol. The summed E-state index contributed by atoms with van der Waals surface area (Å²) in [4.78, 5) is 0. The Kier molecular flexibility index (Phi) is 4.37. The fourth-order valence-electron chi connectivity index (χ4n) is 0.821. The minimum atomic E-state index is 0.245. The van der Waals surface area contributed by atoms with Gasteiger partial charge in [-0.05, 0) is 19.8 Å². The molecule has 1 heteroatoms. The molecular formula is C9H19N. The van der Waals surface area contributed by atoms with Crippen LogP contribution in [-0.2, 0) is 0 Å². The molecule has 0 fully saturated rings. The van der Waals surface area contributed by atoms with Crippen molar-refractivity contribution in [3.63, 3.8) is 0 Å². The summed E-state index contributed by atoms with van der Waals surface area (Å²) in [7, 11) is 0. The molecule has 0 aliphatic carbocycles. The van der Waals surface area contributed by atoms with Gasteiger partial charge in [0.1, 0.15) is 0 Å². The van der Waals surface area contributed by atoms with E-state index >= 15 is 0 Å². The predicted octanol–water partition coefficient (Wildman–Crippen LogP) is 2.33. The maximum absolute atomic E-state index is 5.85. The Morgan fingerprint density at radius 2 is 2.00 bits per heavy atom. The molecule has 0 aliphatic rings. The topological polar surface area (TPSA) is 26.0 Å². The highest BCUT2D eigenvalue weighted by molar-refractivity contribution is 5.01. The average Bonchev–Trinajstić information content (AvgIpc) is 1.85. The first-order valence-corrected chi connectivity index (χ1v) is 3.98. The van der Waals surface area contributed by atoms with Crippen LogP contribution in [-0.4, -0.2) is 6.04 Å².